The van der Waals surface area contributed by atoms with Gasteiger partial charge in [0.1, 0.15) is 0 Å². The molecule has 0 aliphatic heterocycles. The third-order valence-electron chi connectivity index (χ3n) is 3.78. The summed E-state index contributed by atoms with van der Waals surface area (Å²) in [7, 11) is 0. The average molecular weight is 285 g/mol. The number of nitrogens with zero attached hydrogens (tertiary/aromatic N) is 1. The first kappa shape index (κ1) is 15.7. The van der Waals surface area contributed by atoms with Crippen LogP contribution in [0.5, 0.6) is 0 Å². The molecule has 2 rings (SSSR count). The van der Waals surface area contributed by atoms with Gasteiger partial charge in [-0.2, -0.15) is 0 Å². The quantitative estimate of drug-likeness (QED) is 0.821. The van der Waals surface area contributed by atoms with Gasteiger partial charge in [0.15, 0.2) is 0 Å². The highest BCUT2D eigenvalue weighted by atomic mass is 16.3. The maximum atomic E-state index is 9.96. The summed E-state index contributed by atoms with van der Waals surface area (Å²) in [5.41, 5.74) is 2.40. The van der Waals surface area contributed by atoms with Gasteiger partial charge in [0.2, 0.25) is 0 Å². The van der Waals surface area contributed by atoms with E-state index in [9.17, 15) is 10.2 Å². The summed E-state index contributed by atoms with van der Waals surface area (Å²) >= 11 is 0. The molecule has 2 aromatic carbocycles. The zero-order valence-corrected chi connectivity index (χ0v) is 12.4. The van der Waals surface area contributed by atoms with Gasteiger partial charge in [0.25, 0.3) is 0 Å². The Morgan fingerprint density at radius 3 is 1.67 bits per heavy atom. The molecule has 0 bridgehead atoms. The van der Waals surface area contributed by atoms with Crippen LogP contribution in [0, 0.1) is 0 Å². The van der Waals surface area contributed by atoms with Crippen LogP contribution in [-0.2, 0) is 13.1 Å². The van der Waals surface area contributed by atoms with Crippen LogP contribution in [0.4, 0.5) is 0 Å². The Morgan fingerprint density at radius 1 is 0.857 bits per heavy atom. The molecule has 0 aliphatic carbocycles. The number of benzene rings is 2. The van der Waals surface area contributed by atoms with Gasteiger partial charge in [-0.25, -0.2) is 0 Å². The highest BCUT2D eigenvalue weighted by molar-refractivity contribution is 5.17. The number of hydrogen-bond donors (Lipinski definition) is 2. The van der Waals surface area contributed by atoms with Crippen LogP contribution in [0.25, 0.3) is 0 Å². The van der Waals surface area contributed by atoms with E-state index in [1.54, 1.807) is 0 Å². The fourth-order valence-electron chi connectivity index (χ4n) is 2.38. The Bertz CT molecular complexity index is 474. The van der Waals surface area contributed by atoms with E-state index in [4.69, 9.17) is 0 Å². The van der Waals surface area contributed by atoms with Crippen molar-refractivity contribution in [2.24, 2.45) is 0 Å². The summed E-state index contributed by atoms with van der Waals surface area (Å²) < 4.78 is 0. The topological polar surface area (TPSA) is 43.7 Å². The molecule has 0 saturated carbocycles. The van der Waals surface area contributed by atoms with Crippen molar-refractivity contribution in [2.75, 3.05) is 6.61 Å². The van der Waals surface area contributed by atoms with Crippen molar-refractivity contribution in [1.82, 2.24) is 4.90 Å². The number of hydrogen-bond acceptors (Lipinski definition) is 3. The monoisotopic (exact) mass is 285 g/mol. The summed E-state index contributed by atoms with van der Waals surface area (Å²) in [5.74, 6) is 0. The van der Waals surface area contributed by atoms with Gasteiger partial charge >= 0.3 is 0 Å². The molecule has 3 heteroatoms. The van der Waals surface area contributed by atoms with Crippen LogP contribution < -0.4 is 0 Å². The minimum atomic E-state index is -0.738. The first-order valence-electron chi connectivity index (χ1n) is 7.31. The summed E-state index contributed by atoms with van der Waals surface area (Å²) in [6.07, 6.45) is -0.738. The molecule has 2 atom stereocenters. The lowest BCUT2D eigenvalue weighted by Crippen LogP contribution is -2.42. The molecule has 0 aromatic heterocycles. The predicted octanol–water partition coefficient (Wildman–Crippen LogP) is 2.43. The molecule has 0 saturated heterocycles. The van der Waals surface area contributed by atoms with Crippen LogP contribution in [0.2, 0.25) is 0 Å². The van der Waals surface area contributed by atoms with Crippen LogP contribution >= 0.6 is 0 Å². The van der Waals surface area contributed by atoms with Gasteiger partial charge in [-0.1, -0.05) is 60.7 Å². The smallest absolute Gasteiger partial charge is 0.0923 e. The van der Waals surface area contributed by atoms with Crippen molar-refractivity contribution in [2.45, 2.75) is 32.2 Å². The highest BCUT2D eigenvalue weighted by Crippen LogP contribution is 2.15. The van der Waals surface area contributed by atoms with Crippen LogP contribution in [0.3, 0.4) is 0 Å². The highest BCUT2D eigenvalue weighted by Gasteiger charge is 2.21. The predicted molar refractivity (Wildman–Crippen MR) is 84.7 cm³/mol. The zero-order valence-electron chi connectivity index (χ0n) is 12.4. The first-order valence-corrected chi connectivity index (χ1v) is 7.31. The molecule has 112 valence electrons. The lowest BCUT2D eigenvalue weighted by molar-refractivity contribution is 0.0116. The molecule has 21 heavy (non-hydrogen) atoms. The zero-order chi connectivity index (χ0) is 15.1. The van der Waals surface area contributed by atoms with Crippen molar-refractivity contribution in [3.8, 4) is 0 Å². The van der Waals surface area contributed by atoms with Crippen molar-refractivity contribution < 1.29 is 10.2 Å². The second-order valence-corrected chi connectivity index (χ2v) is 5.37. The fourth-order valence-corrected chi connectivity index (χ4v) is 2.38. The third-order valence-corrected chi connectivity index (χ3v) is 3.78. The second kappa shape index (κ2) is 7.93. The molecule has 3 nitrogen and oxygen atoms in total. The van der Waals surface area contributed by atoms with Crippen molar-refractivity contribution in [3.63, 3.8) is 0 Å². The van der Waals surface area contributed by atoms with Crippen LogP contribution in [-0.4, -0.2) is 33.9 Å². The van der Waals surface area contributed by atoms with Gasteiger partial charge in [-0.05, 0) is 18.1 Å². The van der Waals surface area contributed by atoms with Crippen molar-refractivity contribution >= 4 is 0 Å². The molecule has 0 radical (unpaired) electrons. The fraction of sp³-hybridized carbons (Fsp3) is 0.333. The summed E-state index contributed by atoms with van der Waals surface area (Å²) in [5, 5.41) is 19.2. The molecular formula is C18H23NO2. The van der Waals surface area contributed by atoms with Crippen molar-refractivity contribution in [1.29, 1.82) is 0 Å². The molecule has 2 N–H and O–H groups in total. The van der Waals surface area contributed by atoms with E-state index in [-0.39, 0.29) is 12.6 Å². The normalized spacial score (nSPS) is 14.1. The number of aliphatic hydroxyl groups excluding tert-OH is 2. The molecule has 0 amide bonds. The van der Waals surface area contributed by atoms with Gasteiger partial charge in [0, 0.05) is 19.1 Å². The van der Waals surface area contributed by atoms with Crippen LogP contribution in [0.1, 0.15) is 18.1 Å². The molecule has 0 unspecified atom stereocenters. The summed E-state index contributed by atoms with van der Waals surface area (Å²) in [4.78, 5) is 2.19. The minimum Gasteiger partial charge on any atom is -0.394 e. The largest absolute Gasteiger partial charge is 0.394 e. The Kier molecular flexibility index (Phi) is 5.93. The Morgan fingerprint density at radius 2 is 1.29 bits per heavy atom. The molecule has 0 fully saturated rings. The Balaban J connectivity index is 2.13. The van der Waals surface area contributed by atoms with E-state index in [1.807, 2.05) is 43.3 Å². The molecule has 0 aliphatic rings. The first-order chi connectivity index (χ1) is 10.2. The molecular weight excluding hydrogens is 262 g/mol. The number of aliphatic hydroxyl groups is 2. The SMILES string of the molecule is C[C@@H]([C@H](O)CO)N(Cc1ccccc1)Cc1ccccc1. The second-order valence-electron chi connectivity index (χ2n) is 5.37. The molecule has 0 spiro atoms. The summed E-state index contributed by atoms with van der Waals surface area (Å²) in [6.45, 7) is 3.22. The molecule has 2 aromatic rings. The summed E-state index contributed by atoms with van der Waals surface area (Å²) in [6, 6.07) is 20.3. The Labute approximate surface area is 126 Å². The van der Waals surface area contributed by atoms with E-state index in [2.05, 4.69) is 29.2 Å². The van der Waals surface area contributed by atoms with E-state index >= 15 is 0 Å². The van der Waals surface area contributed by atoms with E-state index < -0.39 is 6.10 Å². The van der Waals surface area contributed by atoms with Gasteiger partial charge in [-0.15, -0.1) is 0 Å². The van der Waals surface area contributed by atoms with Gasteiger partial charge in [0.05, 0.1) is 12.7 Å². The maximum Gasteiger partial charge on any atom is 0.0923 e. The van der Waals surface area contributed by atoms with Gasteiger partial charge in [-0.3, -0.25) is 4.90 Å². The van der Waals surface area contributed by atoms with Gasteiger partial charge < -0.3 is 10.2 Å². The van der Waals surface area contributed by atoms with E-state index in [1.165, 1.54) is 11.1 Å². The lowest BCUT2D eigenvalue weighted by atomic mass is 10.1. The third kappa shape index (κ3) is 4.67. The van der Waals surface area contributed by atoms with Crippen LogP contribution in [0.15, 0.2) is 60.7 Å². The van der Waals surface area contributed by atoms with Crippen molar-refractivity contribution in [3.05, 3.63) is 71.8 Å². The van der Waals surface area contributed by atoms with E-state index in [0.29, 0.717) is 0 Å². The average Bonchev–Trinajstić information content (AvgIpc) is 2.54. The molecule has 0 heterocycles. The standard InChI is InChI=1S/C18H23NO2/c1-15(18(21)14-20)19(12-16-8-4-2-5-9-16)13-17-10-6-3-7-11-17/h2-11,15,18,20-21H,12-14H2,1H3/t15-,18+/m0/s1. The Hall–Kier alpha value is -1.68. The lowest BCUT2D eigenvalue weighted by Gasteiger charge is -2.32. The maximum absolute atomic E-state index is 9.96. The number of rotatable bonds is 7. The minimum absolute atomic E-state index is 0.115. The van der Waals surface area contributed by atoms with E-state index in [0.717, 1.165) is 13.1 Å².